The molecule has 3 heterocycles. The fraction of sp³-hybridized carbons (Fsp3) is 0.567. The summed E-state index contributed by atoms with van der Waals surface area (Å²) in [6.45, 7) is 15.0. The lowest BCUT2D eigenvalue weighted by atomic mass is 9.97. The van der Waals surface area contributed by atoms with Crippen LogP contribution in [0.4, 0.5) is 9.18 Å². The van der Waals surface area contributed by atoms with Crippen LogP contribution in [0.2, 0.25) is 0 Å². The van der Waals surface area contributed by atoms with Crippen molar-refractivity contribution in [3.63, 3.8) is 0 Å². The molecule has 1 aromatic heterocycles. The van der Waals surface area contributed by atoms with Crippen molar-refractivity contribution in [3.8, 4) is 0 Å². The molecule has 2 atom stereocenters. The third-order valence-electron chi connectivity index (χ3n) is 8.09. The van der Waals surface area contributed by atoms with E-state index in [-0.39, 0.29) is 29.6 Å². The molecule has 2 fully saturated rings. The number of piperidine rings is 1. The average Bonchev–Trinajstić information content (AvgIpc) is 3.21. The molecule has 1 unspecified atom stereocenters. The first-order valence-electron chi connectivity index (χ1n) is 13.8. The first kappa shape index (κ1) is 28.0. The number of aryl methyl sites for hydroxylation is 2. The molecule has 8 heteroatoms. The highest BCUT2D eigenvalue weighted by Crippen LogP contribution is 2.37. The summed E-state index contributed by atoms with van der Waals surface area (Å²) in [6, 6.07) is 12.4. The summed E-state index contributed by atoms with van der Waals surface area (Å²) in [5, 5.41) is 2.99. The van der Waals surface area contributed by atoms with Crippen LogP contribution in [0, 0.1) is 19.8 Å². The molecule has 2 aliphatic heterocycles. The van der Waals surface area contributed by atoms with Gasteiger partial charge in [-0.15, -0.1) is 0 Å². The molecule has 2 aliphatic rings. The van der Waals surface area contributed by atoms with Crippen molar-refractivity contribution in [1.82, 2.24) is 25.0 Å². The van der Waals surface area contributed by atoms with Crippen LogP contribution in [0.1, 0.15) is 80.2 Å². The largest absolute Gasteiger partial charge is 0.352 e. The zero-order valence-corrected chi connectivity index (χ0v) is 23.6. The first-order valence-corrected chi connectivity index (χ1v) is 13.8. The lowest BCUT2D eigenvalue weighted by Crippen LogP contribution is -2.51. The molecule has 2 saturated heterocycles. The fourth-order valence-corrected chi connectivity index (χ4v) is 5.92. The van der Waals surface area contributed by atoms with Crippen molar-refractivity contribution in [2.24, 2.45) is 0 Å². The van der Waals surface area contributed by atoms with E-state index in [4.69, 9.17) is 0 Å². The van der Waals surface area contributed by atoms with Gasteiger partial charge in [-0.1, -0.05) is 30.3 Å². The smallest absolute Gasteiger partial charge is 0.321 e. The Bertz CT molecular complexity index is 1120. The van der Waals surface area contributed by atoms with Crippen molar-refractivity contribution in [2.75, 3.05) is 26.2 Å². The maximum Gasteiger partial charge on any atom is 0.321 e. The second-order valence-corrected chi connectivity index (χ2v) is 11.8. The zero-order chi connectivity index (χ0) is 27.6. The van der Waals surface area contributed by atoms with Crippen molar-refractivity contribution in [3.05, 3.63) is 64.7 Å². The van der Waals surface area contributed by atoms with Crippen molar-refractivity contribution < 1.29 is 14.0 Å². The van der Waals surface area contributed by atoms with Gasteiger partial charge in [0.15, 0.2) is 0 Å². The molecule has 3 amide bonds. The third kappa shape index (κ3) is 6.01. The van der Waals surface area contributed by atoms with Gasteiger partial charge in [-0.05, 0) is 78.0 Å². The second kappa shape index (κ2) is 11.4. The van der Waals surface area contributed by atoms with E-state index < -0.39 is 5.95 Å². The number of likely N-dealkylation sites (tertiary alicyclic amines) is 1. The van der Waals surface area contributed by atoms with Crippen LogP contribution >= 0.6 is 0 Å². The maximum absolute atomic E-state index is 13.6. The zero-order valence-electron chi connectivity index (χ0n) is 23.6. The number of benzene rings is 1. The Hall–Kier alpha value is -3.00. The van der Waals surface area contributed by atoms with Crippen LogP contribution in [-0.4, -0.2) is 75.4 Å². The molecular weight excluding hydrogens is 481 g/mol. The summed E-state index contributed by atoms with van der Waals surface area (Å²) in [5.74, 6) is -0.772. The highest BCUT2D eigenvalue weighted by atomic mass is 19.1. The number of halogens is 1. The van der Waals surface area contributed by atoms with E-state index in [1.54, 1.807) is 13.8 Å². The Kier molecular flexibility index (Phi) is 8.40. The Morgan fingerprint density at radius 1 is 1.16 bits per heavy atom. The third-order valence-corrected chi connectivity index (χ3v) is 8.09. The minimum absolute atomic E-state index is 0.0694. The molecule has 0 bridgehead atoms. The van der Waals surface area contributed by atoms with E-state index in [1.807, 2.05) is 11.0 Å². The van der Waals surface area contributed by atoms with Gasteiger partial charge in [-0.2, -0.15) is 4.39 Å². The summed E-state index contributed by atoms with van der Waals surface area (Å²) < 4.78 is 13.5. The summed E-state index contributed by atoms with van der Waals surface area (Å²) in [7, 11) is 0. The van der Waals surface area contributed by atoms with Gasteiger partial charge in [0.25, 0.3) is 5.91 Å². The molecule has 2 aromatic rings. The van der Waals surface area contributed by atoms with Gasteiger partial charge in [-0.3, -0.25) is 4.79 Å². The molecule has 4 rings (SSSR count). The van der Waals surface area contributed by atoms with Gasteiger partial charge in [0.05, 0.1) is 17.3 Å². The van der Waals surface area contributed by atoms with Crippen LogP contribution in [0.3, 0.4) is 0 Å². The van der Waals surface area contributed by atoms with Crippen molar-refractivity contribution >= 4 is 11.9 Å². The minimum Gasteiger partial charge on any atom is -0.352 e. The molecular formula is C30H42FN5O2. The van der Waals surface area contributed by atoms with Crippen LogP contribution in [0.5, 0.6) is 0 Å². The summed E-state index contributed by atoms with van der Waals surface area (Å²) >= 11 is 0. The fourth-order valence-electron chi connectivity index (χ4n) is 5.92. The number of carbonyl (C=O) groups is 2. The Labute approximate surface area is 226 Å². The van der Waals surface area contributed by atoms with Gasteiger partial charge in [0, 0.05) is 43.8 Å². The number of carbonyl (C=O) groups excluding carboxylic acids is 2. The van der Waals surface area contributed by atoms with Gasteiger partial charge in [0.1, 0.15) is 0 Å². The topological polar surface area (TPSA) is 68.8 Å². The Morgan fingerprint density at radius 2 is 1.82 bits per heavy atom. The second-order valence-electron chi connectivity index (χ2n) is 11.8. The van der Waals surface area contributed by atoms with Crippen LogP contribution in [-0.2, 0) is 0 Å². The number of pyridine rings is 1. The van der Waals surface area contributed by atoms with Gasteiger partial charge >= 0.3 is 6.03 Å². The number of hydrogen-bond acceptors (Lipinski definition) is 4. The van der Waals surface area contributed by atoms with Gasteiger partial charge < -0.3 is 20.0 Å². The summed E-state index contributed by atoms with van der Waals surface area (Å²) in [6.07, 6.45) is 2.68. The molecule has 0 aliphatic carbocycles. The maximum atomic E-state index is 13.6. The van der Waals surface area contributed by atoms with E-state index in [1.165, 1.54) is 11.6 Å². The number of amides is 3. The highest BCUT2D eigenvalue weighted by Gasteiger charge is 2.46. The van der Waals surface area contributed by atoms with E-state index in [2.05, 4.69) is 72.1 Å². The van der Waals surface area contributed by atoms with E-state index >= 15 is 0 Å². The lowest BCUT2D eigenvalue weighted by Gasteiger charge is -2.41. The lowest BCUT2D eigenvalue weighted by molar-refractivity contribution is 0.0872. The molecule has 7 nitrogen and oxygen atoms in total. The predicted octanol–water partition coefficient (Wildman–Crippen LogP) is 5.09. The van der Waals surface area contributed by atoms with Crippen molar-refractivity contribution in [1.29, 1.82) is 0 Å². The highest BCUT2D eigenvalue weighted by molar-refractivity contribution is 5.96. The van der Waals surface area contributed by atoms with Crippen molar-refractivity contribution in [2.45, 2.75) is 84.5 Å². The molecule has 0 spiro atoms. The average molecular weight is 524 g/mol. The van der Waals surface area contributed by atoms with Gasteiger partial charge in [0.2, 0.25) is 5.95 Å². The van der Waals surface area contributed by atoms with E-state index in [0.29, 0.717) is 36.0 Å². The number of rotatable bonds is 7. The van der Waals surface area contributed by atoms with E-state index in [0.717, 1.165) is 32.4 Å². The summed E-state index contributed by atoms with van der Waals surface area (Å²) in [5.41, 5.74) is 2.43. The molecule has 206 valence electrons. The van der Waals surface area contributed by atoms with Gasteiger partial charge in [-0.25, -0.2) is 9.78 Å². The first-order chi connectivity index (χ1) is 18.0. The molecule has 1 aromatic carbocycles. The number of hydrogen-bond donors (Lipinski definition) is 1. The monoisotopic (exact) mass is 523 g/mol. The van der Waals surface area contributed by atoms with E-state index in [9.17, 15) is 14.0 Å². The number of urea groups is 1. The SMILES string of the molecule is Cc1cc(F)nc(C)c1C(=O)NCCC(C)N1CCC(N2C(=O)N(C(C)(C)C)C[C@H]2c2ccccc2)CC1. The van der Waals surface area contributed by atoms with Crippen LogP contribution < -0.4 is 5.32 Å². The Balaban J connectivity index is 1.33. The molecule has 0 radical (unpaired) electrons. The summed E-state index contributed by atoms with van der Waals surface area (Å²) in [4.78, 5) is 36.7. The van der Waals surface area contributed by atoms with Crippen LogP contribution in [0.15, 0.2) is 36.4 Å². The standard InChI is InChI=1S/C30H42FN5O2/c1-20-18-26(31)33-22(3)27(20)28(37)32-15-12-21(2)34-16-13-24(14-17-34)36-25(23-10-8-7-9-11-23)19-35(29(36)38)30(4,5)6/h7-11,18,21,24-25H,12-17,19H2,1-6H3,(H,32,37)/t21?,25-/m0/s1. The predicted molar refractivity (Wildman–Crippen MR) is 148 cm³/mol. The number of nitrogens with one attached hydrogen (secondary N) is 1. The molecule has 38 heavy (non-hydrogen) atoms. The normalized spacial score (nSPS) is 20.2. The molecule has 0 saturated carbocycles. The number of nitrogens with zero attached hydrogens (tertiary/aromatic N) is 4. The van der Waals surface area contributed by atoms with Crippen LogP contribution in [0.25, 0.3) is 0 Å². The number of aromatic nitrogens is 1. The molecule has 1 N–H and O–H groups in total. The Morgan fingerprint density at radius 3 is 2.42 bits per heavy atom. The minimum atomic E-state index is -0.564. The quantitative estimate of drug-likeness (QED) is 0.514.